The molecular weight excluding hydrogens is 924 g/mol. The summed E-state index contributed by atoms with van der Waals surface area (Å²) in [5, 5.41) is 41.6. The van der Waals surface area contributed by atoms with Crippen LogP contribution in [-0.2, 0) is 38.1 Å². The predicted molar refractivity (Wildman–Crippen MR) is 240 cm³/mol. The van der Waals surface area contributed by atoms with Gasteiger partial charge in [-0.3, -0.25) is 43.3 Å². The number of carbonyl (C=O) groups excluding carboxylic acids is 6. The molecule has 0 saturated carbocycles. The molecule has 0 aliphatic carbocycles. The van der Waals surface area contributed by atoms with Crippen LogP contribution in [0.5, 0.6) is 0 Å². The molecule has 6 N–H and O–H groups in total. The largest absolute Gasteiger partial charge is 0.605 e. The lowest BCUT2D eigenvalue weighted by atomic mass is 9.58. The van der Waals surface area contributed by atoms with Crippen LogP contribution in [-0.4, -0.2) is 143 Å². The number of Topliss-reactive ketones (excluding diaryl/α,β-unsaturated/α-hetero) is 2. The molecule has 2 saturated heterocycles. The van der Waals surface area contributed by atoms with Gasteiger partial charge in [-0.15, -0.1) is 0 Å². The Labute approximate surface area is 391 Å². The van der Waals surface area contributed by atoms with E-state index >= 15 is 0 Å². The third kappa shape index (κ3) is 17.6. The van der Waals surface area contributed by atoms with E-state index in [2.05, 4.69) is 10.6 Å². The molecule has 2 aliphatic heterocycles. The van der Waals surface area contributed by atoms with Crippen molar-refractivity contribution in [1.29, 1.82) is 0 Å². The van der Waals surface area contributed by atoms with Crippen molar-refractivity contribution >= 4 is 107 Å². The minimum Gasteiger partial charge on any atom is -0.599 e. The zero-order chi connectivity index (χ0) is 48.7. The number of carboxylic acid groups (broad SMARTS) is 2. The third-order valence-electron chi connectivity index (χ3n) is 9.89. The minimum atomic E-state index is -2.44. The molecule has 2 amide bonds. The standard InChI is InChI=1S/C20H25BCl2N2O6.C15H20BCl2NO4.C5H9NO4/c1-12(2)8-17(21-25(3,10-19(28)30-21)11-20(29)31-21)24-18(27)7-6-16(26)14-9-13(22)4-5-15(14)23;1-9(2)7-14(16(22)23)19-15(21)6-5-13(20)11-8-10(17)3-4-12(11)18;1-6(2-4(7)8)3-5(9)10/h4-5,9,12,17H,6-8,10-11H2,1-3H3,(H,24,27);3-4,8-9,14,22-23H,5-7H2,1-2H3,(H,19,21);2-3H2,1H3,(H,7,8)(H,9,10)/t17-,21?,25?;14-;/m00./s1. The Morgan fingerprint density at radius 2 is 1.12 bits per heavy atom. The lowest BCUT2D eigenvalue weighted by molar-refractivity contribution is -0.794. The number of likely N-dealkylation sites (N-methyl/N-ethyl adjacent to an activating group) is 2. The number of carbonyl (C=O) groups is 8. The molecule has 0 aromatic heterocycles. The molecule has 0 bridgehead atoms. The average Bonchev–Trinajstić information content (AvgIpc) is 3.56. The Bertz CT molecular complexity index is 2010. The number of carboxylic acids is 2. The van der Waals surface area contributed by atoms with E-state index in [0.717, 1.165) is 0 Å². The maximum absolute atomic E-state index is 12.7. The van der Waals surface area contributed by atoms with Gasteiger partial charge in [0.2, 0.25) is 11.8 Å². The average molecular weight is 978 g/mol. The Hall–Kier alpha value is -4.27. The third-order valence-corrected chi connectivity index (χ3v) is 11.0. The van der Waals surface area contributed by atoms with E-state index in [0.29, 0.717) is 22.9 Å². The lowest BCUT2D eigenvalue weighted by Gasteiger charge is -2.45. The Morgan fingerprint density at radius 1 is 0.719 bits per heavy atom. The molecule has 2 aromatic carbocycles. The number of fused-ring (bicyclic) bond motifs is 1. The highest BCUT2D eigenvalue weighted by molar-refractivity contribution is 6.67. The Balaban J connectivity index is 0.000000374. The molecule has 2 atom stereocenters. The molecule has 18 nitrogen and oxygen atoms in total. The summed E-state index contributed by atoms with van der Waals surface area (Å²) in [7, 11) is 1.52. The van der Waals surface area contributed by atoms with E-state index in [1.54, 1.807) is 19.2 Å². The van der Waals surface area contributed by atoms with Crippen molar-refractivity contribution in [3.63, 3.8) is 0 Å². The van der Waals surface area contributed by atoms with Gasteiger partial charge in [0.15, 0.2) is 11.6 Å². The fraction of sp³-hybridized carbons (Fsp3) is 0.500. The van der Waals surface area contributed by atoms with Gasteiger partial charge in [-0.05, 0) is 68.1 Å². The van der Waals surface area contributed by atoms with Crippen LogP contribution >= 0.6 is 46.4 Å². The van der Waals surface area contributed by atoms with Gasteiger partial charge in [0.25, 0.3) is 0 Å². The summed E-state index contributed by atoms with van der Waals surface area (Å²) in [4.78, 5) is 94.5. The van der Waals surface area contributed by atoms with Crippen molar-refractivity contribution in [2.24, 2.45) is 11.8 Å². The van der Waals surface area contributed by atoms with Gasteiger partial charge < -0.3 is 44.6 Å². The number of ketones is 2. The lowest BCUT2D eigenvalue weighted by Crippen LogP contribution is -2.71. The van der Waals surface area contributed by atoms with Crippen molar-refractivity contribution in [3.8, 4) is 0 Å². The van der Waals surface area contributed by atoms with Gasteiger partial charge >= 0.3 is 37.7 Å². The van der Waals surface area contributed by atoms with Gasteiger partial charge in [0, 0.05) is 53.9 Å². The summed E-state index contributed by atoms with van der Waals surface area (Å²) >= 11 is 23.8. The van der Waals surface area contributed by atoms with Crippen molar-refractivity contribution < 1.29 is 72.3 Å². The van der Waals surface area contributed by atoms with Crippen LogP contribution in [0.25, 0.3) is 0 Å². The van der Waals surface area contributed by atoms with E-state index in [9.17, 15) is 48.4 Å². The quantitative estimate of drug-likeness (QED) is 0.0806. The van der Waals surface area contributed by atoms with Crippen LogP contribution in [0.15, 0.2) is 36.4 Å². The Morgan fingerprint density at radius 3 is 1.50 bits per heavy atom. The van der Waals surface area contributed by atoms with Gasteiger partial charge in [0.05, 0.1) is 35.0 Å². The zero-order valence-corrected chi connectivity index (χ0v) is 39.3. The fourth-order valence-corrected chi connectivity index (χ4v) is 7.85. The number of hydrogen-bond donors (Lipinski definition) is 6. The number of nitrogens with one attached hydrogen (secondary N) is 2. The van der Waals surface area contributed by atoms with Gasteiger partial charge in [-0.25, -0.2) is 0 Å². The molecule has 352 valence electrons. The van der Waals surface area contributed by atoms with Crippen molar-refractivity contribution in [3.05, 3.63) is 67.6 Å². The molecule has 2 aliphatic rings. The molecule has 24 heteroatoms. The van der Waals surface area contributed by atoms with Crippen molar-refractivity contribution in [2.75, 3.05) is 40.3 Å². The monoisotopic (exact) mass is 976 g/mol. The van der Waals surface area contributed by atoms with E-state index in [1.807, 2.05) is 27.7 Å². The van der Waals surface area contributed by atoms with Crippen LogP contribution in [0.2, 0.25) is 20.1 Å². The highest BCUT2D eigenvalue weighted by Gasteiger charge is 2.69. The van der Waals surface area contributed by atoms with Gasteiger partial charge in [0.1, 0.15) is 13.1 Å². The molecular formula is C40H54B2Cl4N4O14. The molecule has 4 rings (SSSR count). The van der Waals surface area contributed by atoms with Crippen LogP contribution in [0, 0.1) is 11.8 Å². The van der Waals surface area contributed by atoms with Gasteiger partial charge in [-0.2, -0.15) is 0 Å². The second-order valence-electron chi connectivity index (χ2n) is 16.6. The van der Waals surface area contributed by atoms with Crippen LogP contribution in [0.1, 0.15) is 86.9 Å². The number of benzene rings is 2. The highest BCUT2D eigenvalue weighted by atomic mass is 35.5. The highest BCUT2D eigenvalue weighted by Crippen LogP contribution is 2.38. The first-order chi connectivity index (χ1) is 29.7. The van der Waals surface area contributed by atoms with Crippen LogP contribution in [0.4, 0.5) is 0 Å². The summed E-state index contributed by atoms with van der Waals surface area (Å²) in [6.45, 7) is 4.80. The first-order valence-corrected chi connectivity index (χ1v) is 21.7. The summed E-state index contributed by atoms with van der Waals surface area (Å²) < 4.78 is 11.1. The SMILES string of the molecule is CC(C)C[C@H](NC(=O)CCC(=O)c1cc(Cl)ccc1Cl)B(O)O.CC(C)C[C@H](NC(=O)CCC(=O)c1cc(Cl)ccc1Cl)[B-]12OC(=O)C[N+]1(C)CC(=O)O2.CN(CC(=O)O)CC(=O)O. The minimum absolute atomic E-state index is 0.00194. The number of rotatable bonds is 20. The van der Waals surface area contributed by atoms with Crippen LogP contribution < -0.4 is 10.6 Å². The summed E-state index contributed by atoms with van der Waals surface area (Å²) in [5.41, 5.74) is 0.523. The smallest absolute Gasteiger partial charge is 0.599 e. The topological polar surface area (TPSA) is 263 Å². The fourth-order valence-electron chi connectivity index (χ4n) is 7.06. The number of amides is 2. The number of hydrogen-bond acceptors (Lipinski definition) is 13. The number of halogens is 4. The normalized spacial score (nSPS) is 18.4. The Kier molecular flexibility index (Phi) is 22.2. The molecule has 0 unspecified atom stereocenters. The summed E-state index contributed by atoms with van der Waals surface area (Å²) in [6.07, 6.45) is 0.580. The predicted octanol–water partition coefficient (Wildman–Crippen LogP) is 4.11. The maximum atomic E-state index is 12.7. The zero-order valence-electron chi connectivity index (χ0n) is 36.3. The van der Waals surface area contributed by atoms with E-state index in [4.69, 9.17) is 65.9 Å². The number of nitrogens with zero attached hydrogens (tertiary/aromatic N) is 2. The second-order valence-corrected chi connectivity index (χ2v) is 18.3. The number of quaternary nitrogens is 1. The summed E-state index contributed by atoms with van der Waals surface area (Å²) in [6, 6.07) is 9.13. The molecule has 2 fully saturated rings. The number of aliphatic carboxylic acids is 2. The van der Waals surface area contributed by atoms with Crippen LogP contribution in [0.3, 0.4) is 0 Å². The van der Waals surface area contributed by atoms with E-state index in [-0.39, 0.29) is 101 Å². The maximum Gasteiger partial charge on any atom is 0.605 e. The molecule has 2 heterocycles. The second kappa shape index (κ2) is 25.4. The molecule has 0 spiro atoms. The molecule has 64 heavy (non-hydrogen) atoms. The summed E-state index contributed by atoms with van der Waals surface area (Å²) in [5.74, 6) is -5.56. The molecule has 0 radical (unpaired) electrons. The van der Waals surface area contributed by atoms with Crippen molar-refractivity contribution in [1.82, 2.24) is 15.5 Å². The molecule has 2 aromatic rings. The van der Waals surface area contributed by atoms with E-state index < -0.39 is 61.4 Å². The van der Waals surface area contributed by atoms with E-state index in [1.165, 1.54) is 36.2 Å². The van der Waals surface area contributed by atoms with Crippen molar-refractivity contribution in [2.45, 2.75) is 78.1 Å². The first kappa shape index (κ1) is 55.9. The van der Waals surface area contributed by atoms with Gasteiger partial charge in [-0.1, -0.05) is 74.1 Å². The first-order valence-electron chi connectivity index (χ1n) is 20.1.